The van der Waals surface area contributed by atoms with E-state index in [0.717, 1.165) is 39.4 Å². The smallest absolute Gasteiger partial charge is 0.351 e. The van der Waals surface area contributed by atoms with E-state index in [1.807, 2.05) is 38.2 Å². The van der Waals surface area contributed by atoms with E-state index >= 15 is 0 Å². The van der Waals surface area contributed by atoms with Crippen LogP contribution in [0.4, 0.5) is 14.5 Å². The summed E-state index contributed by atoms with van der Waals surface area (Å²) in [6.45, 7) is 2.57. The van der Waals surface area contributed by atoms with E-state index in [2.05, 4.69) is 15.0 Å². The summed E-state index contributed by atoms with van der Waals surface area (Å²) in [7, 11) is 2.02. The number of rotatable bonds is 5. The summed E-state index contributed by atoms with van der Waals surface area (Å²) in [5, 5.41) is 3.92. The molecule has 31 heavy (non-hydrogen) atoms. The second-order valence-corrected chi connectivity index (χ2v) is 7.33. The maximum Gasteiger partial charge on any atom is 0.351 e. The van der Waals surface area contributed by atoms with Gasteiger partial charge in [0.15, 0.2) is 0 Å². The normalized spacial score (nSPS) is 13.0. The summed E-state index contributed by atoms with van der Waals surface area (Å²) in [5.74, 6) is 1.20. The number of hydrogen-bond acceptors (Lipinski definition) is 6. The number of fused-ring (bicyclic) bond motifs is 1. The molecule has 0 saturated heterocycles. The number of aryl methyl sites for hydroxylation is 1. The van der Waals surface area contributed by atoms with Crippen LogP contribution in [0.3, 0.4) is 0 Å². The van der Waals surface area contributed by atoms with Crippen LogP contribution < -0.4 is 21.1 Å². The molecule has 0 atom stereocenters. The minimum atomic E-state index is -1.90. The SMILES string of the molecule is Cc1cc(-c2ccc3c(c2)OCCN3C)cnc1-n1cnn(CC(CN)=C(F)F)c1=O. The van der Waals surface area contributed by atoms with E-state index in [0.29, 0.717) is 12.4 Å². The molecule has 10 heteroatoms. The Morgan fingerprint density at radius 1 is 1.26 bits per heavy atom. The Labute approximate surface area is 177 Å². The van der Waals surface area contributed by atoms with Crippen LogP contribution in [0.5, 0.6) is 5.75 Å². The molecule has 1 aromatic carbocycles. The molecular formula is C21H22F2N6O2. The van der Waals surface area contributed by atoms with Crippen LogP contribution in [0.15, 0.2) is 53.2 Å². The lowest BCUT2D eigenvalue weighted by atomic mass is 10.0. The Bertz CT molecular complexity index is 1210. The van der Waals surface area contributed by atoms with Gasteiger partial charge in [0.25, 0.3) is 6.08 Å². The minimum Gasteiger partial charge on any atom is -0.490 e. The molecular weight excluding hydrogens is 406 g/mol. The monoisotopic (exact) mass is 428 g/mol. The molecule has 1 aliphatic rings. The van der Waals surface area contributed by atoms with Gasteiger partial charge in [-0.25, -0.2) is 19.0 Å². The van der Waals surface area contributed by atoms with Crippen LogP contribution in [0, 0.1) is 6.92 Å². The summed E-state index contributed by atoms with van der Waals surface area (Å²) in [5.41, 5.74) is 8.00. The molecule has 0 fully saturated rings. The van der Waals surface area contributed by atoms with E-state index in [-0.39, 0.29) is 18.7 Å². The molecule has 2 N–H and O–H groups in total. The lowest BCUT2D eigenvalue weighted by molar-refractivity contribution is 0.311. The highest BCUT2D eigenvalue weighted by Gasteiger charge is 2.17. The maximum absolute atomic E-state index is 12.9. The van der Waals surface area contributed by atoms with Crippen LogP contribution in [0.25, 0.3) is 16.9 Å². The van der Waals surface area contributed by atoms with Gasteiger partial charge in [-0.1, -0.05) is 6.07 Å². The first-order valence-electron chi connectivity index (χ1n) is 9.72. The average molecular weight is 428 g/mol. The fraction of sp³-hybridized carbons (Fsp3) is 0.286. The Kier molecular flexibility index (Phi) is 5.55. The van der Waals surface area contributed by atoms with Gasteiger partial charge in [-0.05, 0) is 36.2 Å². The van der Waals surface area contributed by atoms with Crippen molar-refractivity contribution in [3.05, 3.63) is 64.5 Å². The van der Waals surface area contributed by atoms with Gasteiger partial charge < -0.3 is 15.4 Å². The molecule has 0 radical (unpaired) electrons. The third-order valence-corrected chi connectivity index (χ3v) is 5.26. The van der Waals surface area contributed by atoms with E-state index < -0.39 is 11.8 Å². The van der Waals surface area contributed by atoms with Crippen molar-refractivity contribution in [1.82, 2.24) is 19.3 Å². The molecule has 0 unspecified atom stereocenters. The number of aromatic nitrogens is 4. The highest BCUT2D eigenvalue weighted by atomic mass is 19.3. The zero-order valence-electron chi connectivity index (χ0n) is 17.2. The molecule has 0 saturated carbocycles. The lowest BCUT2D eigenvalue weighted by Crippen LogP contribution is -2.28. The van der Waals surface area contributed by atoms with Crippen LogP contribution in [0.1, 0.15) is 5.56 Å². The molecule has 4 rings (SSSR count). The first kappa shape index (κ1) is 20.7. The molecule has 3 aromatic rings. The van der Waals surface area contributed by atoms with Gasteiger partial charge in [0.2, 0.25) is 0 Å². The topological polar surface area (TPSA) is 91.2 Å². The molecule has 0 amide bonds. The fourth-order valence-electron chi connectivity index (χ4n) is 3.49. The van der Waals surface area contributed by atoms with Gasteiger partial charge in [-0.3, -0.25) is 0 Å². The highest BCUT2D eigenvalue weighted by molar-refractivity contribution is 5.72. The van der Waals surface area contributed by atoms with Crippen molar-refractivity contribution in [3.8, 4) is 22.7 Å². The van der Waals surface area contributed by atoms with Crippen molar-refractivity contribution in [3.63, 3.8) is 0 Å². The number of nitrogens with zero attached hydrogens (tertiary/aromatic N) is 5. The van der Waals surface area contributed by atoms with Crippen molar-refractivity contribution in [2.24, 2.45) is 5.73 Å². The third kappa shape index (κ3) is 3.93. The molecule has 0 aliphatic carbocycles. The van der Waals surface area contributed by atoms with Gasteiger partial charge >= 0.3 is 5.69 Å². The number of nitrogens with two attached hydrogens (primary N) is 1. The summed E-state index contributed by atoms with van der Waals surface area (Å²) >= 11 is 0. The van der Waals surface area contributed by atoms with Gasteiger partial charge in [0.1, 0.15) is 24.5 Å². The Hall–Kier alpha value is -3.53. The number of halogens is 2. The molecule has 1 aliphatic heterocycles. The largest absolute Gasteiger partial charge is 0.490 e. The first-order chi connectivity index (χ1) is 14.9. The summed E-state index contributed by atoms with van der Waals surface area (Å²) in [6.07, 6.45) is 1.03. The van der Waals surface area contributed by atoms with E-state index in [1.165, 1.54) is 10.9 Å². The highest BCUT2D eigenvalue weighted by Crippen LogP contribution is 2.35. The molecule has 0 bridgehead atoms. The van der Waals surface area contributed by atoms with Crippen molar-refractivity contribution in [1.29, 1.82) is 0 Å². The van der Waals surface area contributed by atoms with Gasteiger partial charge in [-0.2, -0.15) is 13.9 Å². The van der Waals surface area contributed by atoms with Crippen molar-refractivity contribution in [2.75, 3.05) is 31.6 Å². The second-order valence-electron chi connectivity index (χ2n) is 7.33. The van der Waals surface area contributed by atoms with Gasteiger partial charge in [0.05, 0.1) is 18.8 Å². The second kappa shape index (κ2) is 8.31. The van der Waals surface area contributed by atoms with E-state index in [4.69, 9.17) is 10.5 Å². The molecule has 3 heterocycles. The summed E-state index contributed by atoms with van der Waals surface area (Å²) in [4.78, 5) is 19.2. The van der Waals surface area contributed by atoms with Gasteiger partial charge in [0, 0.05) is 30.9 Å². The lowest BCUT2D eigenvalue weighted by Gasteiger charge is -2.28. The fourth-order valence-corrected chi connectivity index (χ4v) is 3.49. The Morgan fingerprint density at radius 2 is 2.06 bits per heavy atom. The molecule has 8 nitrogen and oxygen atoms in total. The Balaban J connectivity index is 1.65. The number of ether oxygens (including phenoxy) is 1. The third-order valence-electron chi connectivity index (χ3n) is 5.26. The zero-order valence-corrected chi connectivity index (χ0v) is 17.2. The first-order valence-corrected chi connectivity index (χ1v) is 9.72. The predicted octanol–water partition coefficient (Wildman–Crippen LogP) is 2.34. The van der Waals surface area contributed by atoms with E-state index in [1.54, 1.807) is 6.20 Å². The molecule has 162 valence electrons. The van der Waals surface area contributed by atoms with Crippen molar-refractivity contribution < 1.29 is 13.5 Å². The number of pyridine rings is 1. The molecule has 2 aromatic heterocycles. The van der Waals surface area contributed by atoms with Crippen LogP contribution in [0.2, 0.25) is 0 Å². The number of hydrogen-bond donors (Lipinski definition) is 1. The maximum atomic E-state index is 12.9. The number of benzene rings is 1. The Morgan fingerprint density at radius 3 is 2.77 bits per heavy atom. The zero-order chi connectivity index (χ0) is 22.1. The van der Waals surface area contributed by atoms with Gasteiger partial charge in [-0.15, -0.1) is 0 Å². The van der Waals surface area contributed by atoms with Crippen molar-refractivity contribution in [2.45, 2.75) is 13.5 Å². The quantitative estimate of drug-likeness (QED) is 0.671. The van der Waals surface area contributed by atoms with Crippen LogP contribution >= 0.6 is 0 Å². The predicted molar refractivity (Wildman–Crippen MR) is 113 cm³/mol. The minimum absolute atomic E-state index is 0.340. The average Bonchev–Trinajstić information content (AvgIpc) is 3.11. The standard InChI is InChI=1S/C21H22F2N6O2/c1-13-7-15(14-3-4-17-18(8-14)31-6-5-27(17)2)10-25-20(13)28-12-26-29(21(28)30)11-16(9-24)19(22)23/h3-4,7-8,10,12H,5-6,9,11,24H2,1-2H3. The molecule has 0 spiro atoms. The van der Waals surface area contributed by atoms with E-state index in [9.17, 15) is 13.6 Å². The summed E-state index contributed by atoms with van der Waals surface area (Å²) < 4.78 is 33.7. The number of likely N-dealkylation sites (N-methyl/N-ethyl adjacent to an activating group) is 1. The number of anilines is 1. The van der Waals surface area contributed by atoms with Crippen molar-refractivity contribution >= 4 is 5.69 Å². The summed E-state index contributed by atoms with van der Waals surface area (Å²) in [6, 6.07) is 7.88. The van der Waals surface area contributed by atoms with Crippen LogP contribution in [-0.2, 0) is 6.54 Å². The van der Waals surface area contributed by atoms with Crippen LogP contribution in [-0.4, -0.2) is 46.1 Å².